The van der Waals surface area contributed by atoms with Crippen molar-refractivity contribution >= 4 is 21.7 Å². The molecule has 1 rings (SSSR count). The molecule has 0 saturated carbocycles. The Morgan fingerprint density at radius 2 is 2.13 bits per heavy atom. The van der Waals surface area contributed by atoms with Crippen LogP contribution in [0.25, 0.3) is 0 Å². The molecule has 3 N–H and O–H groups in total. The predicted octanol–water partition coefficient (Wildman–Crippen LogP) is 1.40. The number of aromatic hydroxyl groups is 2. The molecular weight excluding hydrogens is 269 g/mol. The number of Topliss-reactive ketones (excluding diaryl/α,β-unsaturated/α-hetero) is 1. The van der Waals surface area contributed by atoms with E-state index in [1.165, 1.54) is 0 Å². The lowest BCUT2D eigenvalue weighted by Crippen LogP contribution is -2.19. The number of carbonyl (C=O) groups excluding carboxylic acids is 1. The normalized spacial score (nSPS) is 10.3. The second-order valence-corrected chi connectivity index (χ2v) is 3.72. The van der Waals surface area contributed by atoms with Crippen molar-refractivity contribution in [3.63, 3.8) is 0 Å². The Balaban J connectivity index is 3.29. The van der Waals surface area contributed by atoms with Gasteiger partial charge >= 0.3 is 0 Å². The molecule has 15 heavy (non-hydrogen) atoms. The van der Waals surface area contributed by atoms with Gasteiger partial charge in [0.05, 0.1) is 12.1 Å². The van der Waals surface area contributed by atoms with Crippen LogP contribution >= 0.6 is 15.9 Å². The minimum Gasteiger partial charge on any atom is -0.504 e. The van der Waals surface area contributed by atoms with Gasteiger partial charge in [-0.3, -0.25) is 4.79 Å². The molecule has 0 amide bonds. The van der Waals surface area contributed by atoms with E-state index in [1.54, 1.807) is 7.05 Å². The third-order valence-corrected chi connectivity index (χ3v) is 2.42. The summed E-state index contributed by atoms with van der Waals surface area (Å²) in [5.74, 6) is -3.10. The first-order chi connectivity index (χ1) is 6.99. The maximum absolute atomic E-state index is 12.9. The fourth-order valence-corrected chi connectivity index (χ4v) is 1.72. The summed E-state index contributed by atoms with van der Waals surface area (Å²) in [5, 5.41) is 21.1. The van der Waals surface area contributed by atoms with Gasteiger partial charge in [-0.05, 0) is 29.0 Å². The minimum absolute atomic E-state index is 0.0166. The Kier molecular flexibility index (Phi) is 3.65. The minimum atomic E-state index is -0.986. The van der Waals surface area contributed by atoms with Gasteiger partial charge in [0.25, 0.3) is 0 Å². The van der Waals surface area contributed by atoms with E-state index in [0.717, 1.165) is 6.07 Å². The molecule has 0 unspecified atom stereocenters. The molecule has 1 aromatic carbocycles. The number of halogens is 2. The van der Waals surface area contributed by atoms with Gasteiger partial charge in [-0.25, -0.2) is 4.39 Å². The SMILES string of the molecule is CNCC(=O)c1c(Br)cc(F)c(O)c1O. The first-order valence-corrected chi connectivity index (χ1v) is 4.86. The van der Waals surface area contributed by atoms with Gasteiger partial charge in [-0.2, -0.15) is 0 Å². The summed E-state index contributed by atoms with van der Waals surface area (Å²) in [7, 11) is 1.56. The van der Waals surface area contributed by atoms with E-state index in [2.05, 4.69) is 21.2 Å². The maximum atomic E-state index is 12.9. The molecule has 0 atom stereocenters. The van der Waals surface area contributed by atoms with Gasteiger partial charge in [0, 0.05) is 4.47 Å². The zero-order valence-electron chi connectivity index (χ0n) is 7.84. The van der Waals surface area contributed by atoms with Gasteiger partial charge in [0.15, 0.2) is 23.1 Å². The van der Waals surface area contributed by atoms with Crippen LogP contribution in [0.4, 0.5) is 4.39 Å². The summed E-state index contributed by atoms with van der Waals surface area (Å²) < 4.78 is 13.0. The van der Waals surface area contributed by atoms with E-state index in [9.17, 15) is 14.3 Å². The summed E-state index contributed by atoms with van der Waals surface area (Å²) >= 11 is 2.94. The van der Waals surface area contributed by atoms with Crippen LogP contribution in [0, 0.1) is 5.82 Å². The highest BCUT2D eigenvalue weighted by Crippen LogP contribution is 2.36. The summed E-state index contributed by atoms with van der Waals surface area (Å²) in [5.41, 5.74) is -0.136. The number of likely N-dealkylation sites (N-methyl/N-ethyl adjacent to an activating group) is 1. The van der Waals surface area contributed by atoms with Crippen molar-refractivity contribution in [2.45, 2.75) is 0 Å². The van der Waals surface area contributed by atoms with Crippen molar-refractivity contribution in [3.8, 4) is 11.5 Å². The highest BCUT2D eigenvalue weighted by molar-refractivity contribution is 9.10. The Hall–Kier alpha value is -1.14. The van der Waals surface area contributed by atoms with E-state index >= 15 is 0 Å². The molecule has 0 aliphatic heterocycles. The average Bonchev–Trinajstić information content (AvgIpc) is 2.15. The first kappa shape index (κ1) is 11.9. The van der Waals surface area contributed by atoms with E-state index in [-0.39, 0.29) is 16.6 Å². The Morgan fingerprint density at radius 1 is 1.53 bits per heavy atom. The van der Waals surface area contributed by atoms with E-state index < -0.39 is 23.1 Å². The van der Waals surface area contributed by atoms with Crippen LogP contribution in [-0.2, 0) is 0 Å². The van der Waals surface area contributed by atoms with E-state index in [1.807, 2.05) is 0 Å². The second kappa shape index (κ2) is 4.59. The molecule has 0 aliphatic carbocycles. The number of benzene rings is 1. The van der Waals surface area contributed by atoms with E-state index in [4.69, 9.17) is 5.11 Å². The highest BCUT2D eigenvalue weighted by Gasteiger charge is 2.20. The Morgan fingerprint density at radius 3 is 2.67 bits per heavy atom. The van der Waals surface area contributed by atoms with Crippen molar-refractivity contribution in [1.29, 1.82) is 0 Å². The number of phenols is 2. The average molecular weight is 278 g/mol. The highest BCUT2D eigenvalue weighted by atomic mass is 79.9. The molecule has 6 heteroatoms. The molecule has 0 heterocycles. The van der Waals surface area contributed by atoms with Crippen LogP contribution in [0.2, 0.25) is 0 Å². The lowest BCUT2D eigenvalue weighted by atomic mass is 10.1. The lowest BCUT2D eigenvalue weighted by molar-refractivity contribution is 0.0989. The quantitative estimate of drug-likeness (QED) is 0.577. The summed E-state index contributed by atoms with van der Waals surface area (Å²) in [6, 6.07) is 0.929. The summed E-state index contributed by atoms with van der Waals surface area (Å²) in [4.78, 5) is 11.5. The van der Waals surface area contributed by atoms with Crippen molar-refractivity contribution in [3.05, 3.63) is 21.9 Å². The number of phenolic OH excluding ortho intramolecular Hbond substituents is 2. The zero-order valence-corrected chi connectivity index (χ0v) is 9.43. The summed E-state index contributed by atoms with van der Waals surface area (Å²) in [6.07, 6.45) is 0. The monoisotopic (exact) mass is 277 g/mol. The molecular formula is C9H9BrFNO3. The maximum Gasteiger partial charge on any atom is 0.194 e. The molecule has 0 aromatic heterocycles. The lowest BCUT2D eigenvalue weighted by Gasteiger charge is -2.08. The number of hydrogen-bond acceptors (Lipinski definition) is 4. The van der Waals surface area contributed by atoms with Crippen molar-refractivity contribution in [2.75, 3.05) is 13.6 Å². The molecule has 4 nitrogen and oxygen atoms in total. The molecule has 0 bridgehead atoms. The molecule has 0 fully saturated rings. The fraction of sp³-hybridized carbons (Fsp3) is 0.222. The van der Waals surface area contributed by atoms with Gasteiger partial charge < -0.3 is 15.5 Å². The van der Waals surface area contributed by atoms with Crippen LogP contribution in [0.3, 0.4) is 0 Å². The second-order valence-electron chi connectivity index (χ2n) is 2.87. The van der Waals surface area contributed by atoms with Gasteiger partial charge in [0.1, 0.15) is 0 Å². The van der Waals surface area contributed by atoms with Gasteiger partial charge in [-0.1, -0.05) is 0 Å². The van der Waals surface area contributed by atoms with Crippen LogP contribution in [0.5, 0.6) is 11.5 Å². The molecule has 0 saturated heterocycles. The van der Waals surface area contributed by atoms with Crippen LogP contribution in [0.15, 0.2) is 10.5 Å². The first-order valence-electron chi connectivity index (χ1n) is 4.06. The van der Waals surface area contributed by atoms with E-state index in [0.29, 0.717) is 0 Å². The van der Waals surface area contributed by atoms with Crippen molar-refractivity contribution in [2.24, 2.45) is 0 Å². The molecule has 0 aliphatic rings. The third-order valence-electron chi connectivity index (χ3n) is 1.80. The van der Waals surface area contributed by atoms with Gasteiger partial charge in [0.2, 0.25) is 0 Å². The number of hydrogen-bond donors (Lipinski definition) is 3. The summed E-state index contributed by atoms with van der Waals surface area (Å²) in [6.45, 7) is -0.0166. The number of ketones is 1. The molecule has 1 aromatic rings. The Bertz CT molecular complexity index is 409. The molecule has 0 spiro atoms. The number of nitrogens with one attached hydrogen (secondary N) is 1. The topological polar surface area (TPSA) is 69.6 Å². The zero-order chi connectivity index (χ0) is 11.6. The van der Waals surface area contributed by atoms with Crippen LogP contribution in [-0.4, -0.2) is 29.6 Å². The van der Waals surface area contributed by atoms with Crippen molar-refractivity contribution < 1.29 is 19.4 Å². The molecule has 82 valence electrons. The van der Waals surface area contributed by atoms with Gasteiger partial charge in [-0.15, -0.1) is 0 Å². The largest absolute Gasteiger partial charge is 0.504 e. The standard InChI is InChI=1S/C9H9BrFNO3/c1-12-3-6(13)7-4(10)2-5(11)8(14)9(7)15/h2,12,14-15H,3H2,1H3. The molecule has 0 radical (unpaired) electrons. The predicted molar refractivity (Wildman–Crippen MR) is 55.7 cm³/mol. The third kappa shape index (κ3) is 2.27. The number of rotatable bonds is 3. The van der Waals surface area contributed by atoms with Crippen LogP contribution in [0.1, 0.15) is 10.4 Å². The fourth-order valence-electron chi connectivity index (χ4n) is 1.11. The Labute approximate surface area is 93.9 Å². The van der Waals surface area contributed by atoms with Crippen molar-refractivity contribution in [1.82, 2.24) is 5.32 Å². The number of carbonyl (C=O) groups is 1. The smallest absolute Gasteiger partial charge is 0.194 e. The van der Waals surface area contributed by atoms with Crippen LogP contribution < -0.4 is 5.32 Å².